The van der Waals surface area contributed by atoms with Crippen LogP contribution in [0.2, 0.25) is 0 Å². The van der Waals surface area contributed by atoms with Gasteiger partial charge < -0.3 is 27.6 Å². The zero-order chi connectivity index (χ0) is 21.4. The Morgan fingerprint density at radius 1 is 0.645 bits per heavy atom. The molecule has 0 aliphatic rings. The zero-order valence-corrected chi connectivity index (χ0v) is 28.3. The predicted molar refractivity (Wildman–Crippen MR) is 119 cm³/mol. The number of ether oxygens (including phenoxy) is 2. The zero-order valence-electron chi connectivity index (χ0n) is 20.6. The first-order chi connectivity index (χ1) is 14.2. The largest absolute Gasteiger partial charge is 1.00 e. The van der Waals surface area contributed by atoms with Crippen molar-refractivity contribution in [1.82, 2.24) is 5.32 Å². The van der Waals surface area contributed by atoms with Crippen molar-refractivity contribution in [1.29, 1.82) is 0 Å². The van der Waals surface area contributed by atoms with Crippen LogP contribution in [0, 0.1) is 12.8 Å². The van der Waals surface area contributed by atoms with Crippen molar-refractivity contribution >= 4 is 11.9 Å². The number of nitrogens with one attached hydrogen (secondary N) is 1. The molecule has 0 spiro atoms. The van der Waals surface area contributed by atoms with Crippen LogP contribution < -0.4 is 63.5 Å². The average molecular weight is 586 g/mol. The third-order valence-corrected chi connectivity index (χ3v) is 4.81. The van der Waals surface area contributed by atoms with Crippen LogP contribution in [0.1, 0.15) is 104 Å². The smallest absolute Gasteiger partial charge is 0.468 e. The van der Waals surface area contributed by atoms with Gasteiger partial charge in [0.2, 0.25) is 0 Å². The first-order valence-corrected chi connectivity index (χ1v) is 11.8. The molecule has 0 fully saturated rings. The van der Waals surface area contributed by atoms with E-state index in [4.69, 9.17) is 9.47 Å². The molecule has 0 rings (SSSR count). The Kier molecular flexibility index (Phi) is 38.3. The van der Waals surface area contributed by atoms with Gasteiger partial charge in [0, 0.05) is 45.6 Å². The van der Waals surface area contributed by atoms with Crippen molar-refractivity contribution in [3.05, 3.63) is 12.8 Å². The summed E-state index contributed by atoms with van der Waals surface area (Å²) in [6.07, 6.45) is 18.2. The van der Waals surface area contributed by atoms with Gasteiger partial charge >= 0.3 is 70.1 Å². The Morgan fingerprint density at radius 3 is 1.39 bits per heavy atom. The minimum Gasteiger partial charge on any atom is -0.468 e. The summed E-state index contributed by atoms with van der Waals surface area (Å²) >= 11 is 0. The van der Waals surface area contributed by atoms with Gasteiger partial charge in [0.25, 0.3) is 0 Å². The van der Waals surface area contributed by atoms with Gasteiger partial charge in [-0.3, -0.25) is 9.59 Å². The molecule has 0 atom stereocenters. The Labute approximate surface area is 266 Å². The van der Waals surface area contributed by atoms with Crippen molar-refractivity contribution in [2.24, 2.45) is 0 Å². The van der Waals surface area contributed by atoms with Gasteiger partial charge in [-0.15, -0.1) is 12.8 Å². The number of hydrogen-bond acceptors (Lipinski definition) is 5. The maximum Gasteiger partial charge on any atom is 1.00 e. The van der Waals surface area contributed by atoms with E-state index in [1.165, 1.54) is 38.5 Å². The van der Waals surface area contributed by atoms with Gasteiger partial charge in [0.1, 0.15) is 0 Å². The van der Waals surface area contributed by atoms with E-state index in [0.29, 0.717) is 26.1 Å². The summed E-state index contributed by atoms with van der Waals surface area (Å²) < 4.78 is 10.2. The summed E-state index contributed by atoms with van der Waals surface area (Å²) in [5.74, 6) is -0.113. The molecule has 1 N–H and O–H groups in total. The fourth-order valence-corrected chi connectivity index (χ4v) is 2.95. The van der Waals surface area contributed by atoms with Gasteiger partial charge in [-0.1, -0.05) is 38.5 Å². The molecule has 0 aromatic carbocycles. The maximum absolute atomic E-state index is 11.4. The Morgan fingerprint density at radius 2 is 1.00 bits per heavy atom. The SMILES string of the molecule is C[CH-]CCOC(=O)CCCCCCCNCCCCCCCC(=O)OCC[CH-]C.[Rb+].[Y]. The molecule has 0 aliphatic carbocycles. The van der Waals surface area contributed by atoms with Crippen molar-refractivity contribution in [2.45, 2.75) is 104 Å². The molecule has 5 nitrogen and oxygen atoms in total. The Bertz CT molecular complexity index is 353. The van der Waals surface area contributed by atoms with Gasteiger partial charge in [0.05, 0.1) is 13.2 Å². The van der Waals surface area contributed by atoms with Crippen LogP contribution in [0.4, 0.5) is 0 Å². The summed E-state index contributed by atoms with van der Waals surface area (Å²) in [5.41, 5.74) is 0. The molecule has 31 heavy (non-hydrogen) atoms. The van der Waals surface area contributed by atoms with E-state index in [0.717, 1.165) is 51.6 Å². The van der Waals surface area contributed by atoms with Crippen molar-refractivity contribution in [3.8, 4) is 0 Å². The molecule has 7 heteroatoms. The topological polar surface area (TPSA) is 64.6 Å². The van der Waals surface area contributed by atoms with Gasteiger partial charge in [-0.2, -0.15) is 13.8 Å². The van der Waals surface area contributed by atoms with Gasteiger partial charge in [-0.25, -0.2) is 0 Å². The second kappa shape index (κ2) is 31.8. The molecular formula is C24H45NO4RbY-. The van der Waals surface area contributed by atoms with E-state index < -0.39 is 0 Å². The minimum absolute atomic E-state index is 0. The van der Waals surface area contributed by atoms with Crippen LogP contribution in [-0.4, -0.2) is 38.2 Å². The first kappa shape index (κ1) is 37.4. The van der Waals surface area contributed by atoms with Crippen LogP contribution in [0.3, 0.4) is 0 Å². The number of hydrogen-bond donors (Lipinski definition) is 1. The second-order valence-corrected chi connectivity index (χ2v) is 7.62. The van der Waals surface area contributed by atoms with Crippen LogP contribution in [0.25, 0.3) is 0 Å². The Hall–Kier alpha value is 1.81. The molecule has 0 aromatic rings. The molecule has 0 saturated heterocycles. The summed E-state index contributed by atoms with van der Waals surface area (Å²) in [6, 6.07) is 0. The molecular weight excluding hydrogens is 541 g/mol. The van der Waals surface area contributed by atoms with Crippen molar-refractivity contribution < 1.29 is 110 Å². The Balaban J connectivity index is -0.00000392. The van der Waals surface area contributed by atoms with E-state index >= 15 is 0 Å². The molecule has 1 radical (unpaired) electrons. The summed E-state index contributed by atoms with van der Waals surface area (Å²) in [4.78, 5) is 22.9. The second-order valence-electron chi connectivity index (χ2n) is 7.62. The molecule has 0 aromatic heterocycles. The number of carbonyl (C=O) groups is 2. The third kappa shape index (κ3) is 31.8. The summed E-state index contributed by atoms with van der Waals surface area (Å²) in [6.45, 7) is 7.15. The average Bonchev–Trinajstić information content (AvgIpc) is 2.71. The number of unbranched alkanes of at least 4 members (excludes halogenated alkanes) is 10. The molecule has 0 aliphatic heterocycles. The normalized spacial score (nSPS) is 10.1. The van der Waals surface area contributed by atoms with E-state index in [-0.39, 0.29) is 103 Å². The molecule has 0 saturated carbocycles. The predicted octanol–water partition coefficient (Wildman–Crippen LogP) is 2.57. The van der Waals surface area contributed by atoms with E-state index in [1.807, 2.05) is 26.7 Å². The summed E-state index contributed by atoms with van der Waals surface area (Å²) in [7, 11) is 0. The van der Waals surface area contributed by atoms with Gasteiger partial charge in [0.15, 0.2) is 0 Å². The minimum atomic E-state index is -0.0563. The maximum atomic E-state index is 11.4. The molecule has 0 bridgehead atoms. The number of rotatable bonds is 22. The van der Waals surface area contributed by atoms with E-state index in [1.54, 1.807) is 0 Å². The molecule has 175 valence electrons. The molecule has 0 amide bonds. The van der Waals surface area contributed by atoms with Crippen molar-refractivity contribution in [3.63, 3.8) is 0 Å². The van der Waals surface area contributed by atoms with E-state index in [2.05, 4.69) is 5.32 Å². The van der Waals surface area contributed by atoms with Gasteiger partial charge in [-0.05, 0) is 38.8 Å². The number of esters is 2. The fourth-order valence-electron chi connectivity index (χ4n) is 2.95. The van der Waals surface area contributed by atoms with Crippen LogP contribution in [0.5, 0.6) is 0 Å². The van der Waals surface area contributed by atoms with Crippen LogP contribution in [0.15, 0.2) is 0 Å². The monoisotopic (exact) mass is 585 g/mol. The third-order valence-electron chi connectivity index (χ3n) is 4.81. The van der Waals surface area contributed by atoms with Crippen LogP contribution >= 0.6 is 0 Å². The molecule has 0 heterocycles. The molecule has 0 unspecified atom stereocenters. The fraction of sp³-hybridized carbons (Fsp3) is 0.833. The first-order valence-electron chi connectivity index (χ1n) is 11.8. The quantitative estimate of drug-likeness (QED) is 0.120. The number of carbonyl (C=O) groups excluding carboxylic acids is 2. The van der Waals surface area contributed by atoms with Crippen LogP contribution in [-0.2, 0) is 51.8 Å². The standard InChI is InChI=1S/C24H45NO4.Rb.Y/c1-3-5-21-28-23(26)17-13-9-7-11-15-19-25-20-16-12-8-10-14-18-24(27)29-22-6-4-2;;/h3-4,25H,5-22H2,1-2H3;;/q-2;+1;. The summed E-state index contributed by atoms with van der Waals surface area (Å²) in [5, 5.41) is 3.51. The van der Waals surface area contributed by atoms with E-state index in [9.17, 15) is 9.59 Å². The van der Waals surface area contributed by atoms with Crippen molar-refractivity contribution in [2.75, 3.05) is 26.3 Å².